The van der Waals surface area contributed by atoms with Gasteiger partial charge in [0.25, 0.3) is 5.91 Å². The Hall–Kier alpha value is -3.98. The molecule has 0 saturated carbocycles. The van der Waals surface area contributed by atoms with Crippen LogP contribution in [0.15, 0.2) is 70.7 Å². The van der Waals surface area contributed by atoms with Crippen LogP contribution in [-0.2, 0) is 17.9 Å². The topological polar surface area (TPSA) is 116 Å². The highest BCUT2D eigenvalue weighted by Gasteiger charge is 2.12. The normalized spacial score (nSPS) is 11.1. The number of hydrogen-bond acceptors (Lipinski definition) is 6. The van der Waals surface area contributed by atoms with Crippen LogP contribution in [0.3, 0.4) is 0 Å². The average Bonchev–Trinajstić information content (AvgIpc) is 3.52. The average molecular weight is 433 g/mol. The first kappa shape index (κ1) is 20.3. The molecule has 0 fully saturated rings. The van der Waals surface area contributed by atoms with E-state index in [4.69, 9.17) is 15.4 Å². The third-order valence-corrected chi connectivity index (χ3v) is 5.27. The SMILES string of the molecule is NC(=O)c1cc(CNC(=O)/C=C/c2cn(Cc3ccccc3)nc2-c2cccs2)on1. The Bertz CT molecular complexity index is 1210. The highest BCUT2D eigenvalue weighted by atomic mass is 32.1. The van der Waals surface area contributed by atoms with Crippen molar-refractivity contribution in [3.63, 3.8) is 0 Å². The number of nitrogens with one attached hydrogen (secondary N) is 1. The molecule has 0 spiro atoms. The fourth-order valence-electron chi connectivity index (χ4n) is 2.93. The van der Waals surface area contributed by atoms with E-state index in [1.165, 1.54) is 12.1 Å². The maximum absolute atomic E-state index is 12.2. The van der Waals surface area contributed by atoms with Gasteiger partial charge in [0, 0.05) is 23.9 Å². The minimum Gasteiger partial charge on any atom is -0.364 e. The lowest BCUT2D eigenvalue weighted by atomic mass is 10.2. The molecule has 0 radical (unpaired) electrons. The number of hydrogen-bond donors (Lipinski definition) is 2. The summed E-state index contributed by atoms with van der Waals surface area (Å²) >= 11 is 1.59. The van der Waals surface area contributed by atoms with Gasteiger partial charge in [-0.3, -0.25) is 14.3 Å². The van der Waals surface area contributed by atoms with Gasteiger partial charge in [0.15, 0.2) is 11.5 Å². The van der Waals surface area contributed by atoms with Crippen molar-refractivity contribution in [2.75, 3.05) is 0 Å². The molecule has 3 N–H and O–H groups in total. The summed E-state index contributed by atoms with van der Waals surface area (Å²) in [6.45, 7) is 0.724. The Labute approximate surface area is 182 Å². The predicted octanol–water partition coefficient (Wildman–Crippen LogP) is 3.08. The van der Waals surface area contributed by atoms with Crippen molar-refractivity contribution in [1.82, 2.24) is 20.3 Å². The molecular weight excluding hydrogens is 414 g/mol. The molecule has 4 aromatic rings. The number of primary amides is 1. The molecule has 4 rings (SSSR count). The Morgan fingerprint density at radius 2 is 2.03 bits per heavy atom. The number of amides is 2. The van der Waals surface area contributed by atoms with Crippen LogP contribution in [0.5, 0.6) is 0 Å². The number of aromatic nitrogens is 3. The zero-order valence-corrected chi connectivity index (χ0v) is 17.2. The highest BCUT2D eigenvalue weighted by Crippen LogP contribution is 2.27. The van der Waals surface area contributed by atoms with E-state index in [1.807, 2.05) is 58.7 Å². The van der Waals surface area contributed by atoms with Gasteiger partial charge in [-0.25, -0.2) is 0 Å². The molecule has 8 nitrogen and oxygen atoms in total. The summed E-state index contributed by atoms with van der Waals surface area (Å²) in [5.41, 5.74) is 7.94. The molecule has 0 aliphatic carbocycles. The first-order valence-electron chi connectivity index (χ1n) is 9.45. The Morgan fingerprint density at radius 3 is 2.74 bits per heavy atom. The van der Waals surface area contributed by atoms with E-state index >= 15 is 0 Å². The van der Waals surface area contributed by atoms with Gasteiger partial charge in [-0.05, 0) is 23.1 Å². The standard InChI is InChI=1S/C22H19N5O3S/c23-22(29)18-11-17(30-26-18)12-24-20(28)9-8-16-14-27(13-15-5-2-1-3-6-15)25-21(16)19-7-4-10-31-19/h1-11,14H,12-13H2,(H2,23,29)(H,24,28)/b9-8+. The van der Waals surface area contributed by atoms with Crippen LogP contribution in [-0.4, -0.2) is 26.8 Å². The lowest BCUT2D eigenvalue weighted by Gasteiger charge is -2.00. The number of carbonyl (C=O) groups excluding carboxylic acids is 2. The Balaban J connectivity index is 1.47. The summed E-state index contributed by atoms with van der Waals surface area (Å²) in [5, 5.41) is 12.9. The van der Waals surface area contributed by atoms with E-state index in [2.05, 4.69) is 10.5 Å². The summed E-state index contributed by atoms with van der Waals surface area (Å²) in [7, 11) is 0. The zero-order chi connectivity index (χ0) is 21.6. The quantitative estimate of drug-likeness (QED) is 0.414. The van der Waals surface area contributed by atoms with E-state index in [-0.39, 0.29) is 18.1 Å². The van der Waals surface area contributed by atoms with Gasteiger partial charge in [0.05, 0.1) is 18.0 Å². The zero-order valence-electron chi connectivity index (χ0n) is 16.4. The number of thiophene rings is 1. The van der Waals surface area contributed by atoms with E-state index in [1.54, 1.807) is 17.4 Å². The second-order valence-electron chi connectivity index (χ2n) is 6.69. The molecule has 31 heavy (non-hydrogen) atoms. The van der Waals surface area contributed by atoms with Gasteiger partial charge < -0.3 is 15.6 Å². The van der Waals surface area contributed by atoms with E-state index in [0.717, 1.165) is 21.7 Å². The summed E-state index contributed by atoms with van der Waals surface area (Å²) in [4.78, 5) is 24.3. The fraction of sp³-hybridized carbons (Fsp3) is 0.0909. The van der Waals surface area contributed by atoms with Gasteiger partial charge in [-0.2, -0.15) is 5.10 Å². The fourth-order valence-corrected chi connectivity index (χ4v) is 3.66. The third-order valence-electron chi connectivity index (χ3n) is 4.39. The van der Waals surface area contributed by atoms with E-state index < -0.39 is 5.91 Å². The number of nitrogens with zero attached hydrogens (tertiary/aromatic N) is 3. The van der Waals surface area contributed by atoms with Gasteiger partial charge in [0.1, 0.15) is 5.69 Å². The maximum Gasteiger partial charge on any atom is 0.270 e. The van der Waals surface area contributed by atoms with Crippen molar-refractivity contribution in [1.29, 1.82) is 0 Å². The predicted molar refractivity (Wildman–Crippen MR) is 117 cm³/mol. The van der Waals surface area contributed by atoms with Crippen molar-refractivity contribution in [2.45, 2.75) is 13.1 Å². The van der Waals surface area contributed by atoms with Crippen molar-refractivity contribution in [3.05, 3.63) is 88.8 Å². The van der Waals surface area contributed by atoms with Crippen LogP contribution in [0.2, 0.25) is 0 Å². The van der Waals surface area contributed by atoms with Gasteiger partial charge >= 0.3 is 0 Å². The highest BCUT2D eigenvalue weighted by molar-refractivity contribution is 7.13. The molecule has 0 atom stereocenters. The monoisotopic (exact) mass is 433 g/mol. The van der Waals surface area contributed by atoms with Crippen LogP contribution < -0.4 is 11.1 Å². The second-order valence-corrected chi connectivity index (χ2v) is 7.64. The lowest BCUT2D eigenvalue weighted by molar-refractivity contribution is -0.116. The van der Waals surface area contributed by atoms with Crippen LogP contribution in [0, 0.1) is 0 Å². The molecular formula is C22H19N5O3S. The maximum atomic E-state index is 12.2. The van der Waals surface area contributed by atoms with Crippen molar-refractivity contribution in [3.8, 4) is 10.6 Å². The van der Waals surface area contributed by atoms with Crippen LogP contribution in [0.4, 0.5) is 0 Å². The number of carbonyl (C=O) groups is 2. The molecule has 1 aromatic carbocycles. The molecule has 3 heterocycles. The summed E-state index contributed by atoms with van der Waals surface area (Å²) in [5.74, 6) is -0.662. The van der Waals surface area contributed by atoms with Gasteiger partial charge in [0.2, 0.25) is 5.91 Å². The molecule has 0 bridgehead atoms. The molecule has 9 heteroatoms. The summed E-state index contributed by atoms with van der Waals surface area (Å²) in [6.07, 6.45) is 5.09. The van der Waals surface area contributed by atoms with Crippen LogP contribution >= 0.6 is 11.3 Å². The number of benzene rings is 1. The first-order valence-corrected chi connectivity index (χ1v) is 10.3. The van der Waals surface area contributed by atoms with Gasteiger partial charge in [-0.15, -0.1) is 11.3 Å². The molecule has 0 saturated heterocycles. The smallest absolute Gasteiger partial charge is 0.270 e. The van der Waals surface area contributed by atoms with E-state index in [9.17, 15) is 9.59 Å². The molecule has 3 aromatic heterocycles. The van der Waals surface area contributed by atoms with Crippen molar-refractivity contribution < 1.29 is 14.1 Å². The molecule has 2 amide bonds. The molecule has 0 aliphatic rings. The Kier molecular flexibility index (Phi) is 6.04. The minimum absolute atomic E-state index is 0.0196. The molecule has 0 unspecified atom stereocenters. The number of nitrogens with two attached hydrogens (primary N) is 1. The summed E-state index contributed by atoms with van der Waals surface area (Å²) < 4.78 is 6.83. The van der Waals surface area contributed by atoms with E-state index in [0.29, 0.717) is 12.3 Å². The van der Waals surface area contributed by atoms with Crippen molar-refractivity contribution >= 4 is 29.2 Å². The summed E-state index contributed by atoms with van der Waals surface area (Å²) in [6, 6.07) is 15.4. The van der Waals surface area contributed by atoms with Gasteiger partial charge in [-0.1, -0.05) is 41.6 Å². The molecule has 0 aliphatic heterocycles. The van der Waals surface area contributed by atoms with Crippen LogP contribution in [0.1, 0.15) is 27.4 Å². The number of rotatable bonds is 8. The second kappa shape index (κ2) is 9.23. The van der Waals surface area contributed by atoms with Crippen molar-refractivity contribution in [2.24, 2.45) is 5.73 Å². The first-order chi connectivity index (χ1) is 15.1. The molecule has 156 valence electrons. The largest absolute Gasteiger partial charge is 0.364 e. The lowest BCUT2D eigenvalue weighted by Crippen LogP contribution is -2.19. The third kappa shape index (κ3) is 5.14. The minimum atomic E-state index is -0.685. The Morgan fingerprint density at radius 1 is 1.19 bits per heavy atom. The van der Waals surface area contributed by atoms with Crippen LogP contribution in [0.25, 0.3) is 16.6 Å².